The Bertz CT molecular complexity index is 419. The van der Waals surface area contributed by atoms with Crippen LogP contribution in [-0.4, -0.2) is 44.1 Å². The Labute approximate surface area is 136 Å². The summed E-state index contributed by atoms with van der Waals surface area (Å²) in [4.78, 5) is 7.00. The number of aliphatic imine (C=N–C) groups is 1. The summed E-state index contributed by atoms with van der Waals surface area (Å²) < 4.78 is 5.66. The van der Waals surface area contributed by atoms with Crippen molar-refractivity contribution in [3.8, 4) is 0 Å². The molecule has 3 atom stereocenters. The van der Waals surface area contributed by atoms with Gasteiger partial charge in [0.05, 0.1) is 6.04 Å². The summed E-state index contributed by atoms with van der Waals surface area (Å²) in [6, 6.07) is 10.8. The smallest absolute Gasteiger partial charge is 0.117 e. The van der Waals surface area contributed by atoms with Crippen molar-refractivity contribution < 1.29 is 4.74 Å². The second-order valence-corrected chi connectivity index (χ2v) is 6.16. The van der Waals surface area contributed by atoms with E-state index in [4.69, 9.17) is 9.73 Å². The molecule has 0 N–H and O–H groups in total. The molecule has 0 saturated heterocycles. The molecule has 0 aliphatic rings. The normalized spacial score (nSPS) is 16.1. The second-order valence-electron chi connectivity index (χ2n) is 6.16. The lowest BCUT2D eigenvalue weighted by atomic mass is 10.1. The molecule has 22 heavy (non-hydrogen) atoms. The zero-order valence-corrected chi connectivity index (χ0v) is 14.8. The van der Waals surface area contributed by atoms with Crippen LogP contribution in [0.4, 0.5) is 0 Å². The Kier molecular flexibility index (Phi) is 9.02. The van der Waals surface area contributed by atoms with Crippen LogP contribution in [0.5, 0.6) is 0 Å². The quantitative estimate of drug-likeness (QED) is 0.481. The third-order valence-corrected chi connectivity index (χ3v) is 3.94. The molecule has 0 bridgehead atoms. The average molecular weight is 304 g/mol. The number of hydrogen-bond donors (Lipinski definition) is 0. The van der Waals surface area contributed by atoms with Crippen LogP contribution in [0.1, 0.15) is 39.2 Å². The largest absolute Gasteiger partial charge is 0.366 e. The first-order valence-corrected chi connectivity index (χ1v) is 8.38. The van der Waals surface area contributed by atoms with Crippen LogP contribution in [-0.2, 0) is 11.2 Å². The molecule has 3 heteroatoms. The molecular formula is C19H32N2O. The maximum atomic E-state index is 5.66. The van der Waals surface area contributed by atoms with Gasteiger partial charge in [0, 0.05) is 25.8 Å². The van der Waals surface area contributed by atoms with Crippen LogP contribution in [0.3, 0.4) is 0 Å². The van der Waals surface area contributed by atoms with Crippen molar-refractivity contribution >= 4 is 6.21 Å². The minimum atomic E-state index is 0.0965. The van der Waals surface area contributed by atoms with E-state index >= 15 is 0 Å². The highest BCUT2D eigenvalue weighted by Gasteiger charge is 2.19. The van der Waals surface area contributed by atoms with Crippen LogP contribution in [0.15, 0.2) is 35.3 Å². The minimum absolute atomic E-state index is 0.0965. The number of rotatable bonds is 10. The van der Waals surface area contributed by atoms with Crippen molar-refractivity contribution in [2.45, 2.75) is 52.3 Å². The Hall–Kier alpha value is -1.19. The third kappa shape index (κ3) is 6.71. The number of nitrogens with zero attached hydrogens (tertiary/aromatic N) is 2. The van der Waals surface area contributed by atoms with Gasteiger partial charge in [0.15, 0.2) is 0 Å². The van der Waals surface area contributed by atoms with Gasteiger partial charge in [0.25, 0.3) is 0 Å². The fourth-order valence-corrected chi connectivity index (χ4v) is 2.69. The fraction of sp³-hybridized carbons (Fsp3) is 0.632. The van der Waals surface area contributed by atoms with Crippen LogP contribution in [0.2, 0.25) is 0 Å². The highest BCUT2D eigenvalue weighted by Crippen LogP contribution is 2.11. The number of ether oxygens (including phenoxy) is 1. The van der Waals surface area contributed by atoms with Gasteiger partial charge in [-0.25, -0.2) is 0 Å². The molecule has 0 radical (unpaired) electrons. The van der Waals surface area contributed by atoms with Crippen molar-refractivity contribution in [3.05, 3.63) is 35.9 Å². The number of unbranched alkanes of at least 4 members (excludes halogenated alkanes) is 1. The van der Waals surface area contributed by atoms with Crippen LogP contribution in [0, 0.1) is 5.92 Å². The Balaban J connectivity index is 2.51. The average Bonchev–Trinajstić information content (AvgIpc) is 2.52. The van der Waals surface area contributed by atoms with E-state index in [0.717, 1.165) is 13.0 Å². The molecule has 0 aliphatic carbocycles. The van der Waals surface area contributed by atoms with E-state index in [1.165, 1.54) is 18.4 Å². The zero-order chi connectivity index (χ0) is 16.4. The molecule has 3 unspecified atom stereocenters. The Morgan fingerprint density at radius 2 is 1.91 bits per heavy atom. The maximum Gasteiger partial charge on any atom is 0.117 e. The predicted octanol–water partition coefficient (Wildman–Crippen LogP) is 4.03. The molecule has 0 spiro atoms. The van der Waals surface area contributed by atoms with Crippen molar-refractivity contribution in [3.63, 3.8) is 0 Å². The van der Waals surface area contributed by atoms with Gasteiger partial charge in [-0.05, 0) is 32.4 Å². The molecule has 0 saturated carbocycles. The summed E-state index contributed by atoms with van der Waals surface area (Å²) in [6.07, 6.45) is 5.54. The molecule has 1 rings (SSSR count). The summed E-state index contributed by atoms with van der Waals surface area (Å²) in [5.74, 6) is 0.282. The monoisotopic (exact) mass is 304 g/mol. The van der Waals surface area contributed by atoms with E-state index < -0.39 is 0 Å². The minimum Gasteiger partial charge on any atom is -0.366 e. The van der Waals surface area contributed by atoms with Crippen LogP contribution >= 0.6 is 0 Å². The van der Waals surface area contributed by atoms with Gasteiger partial charge in [0.2, 0.25) is 0 Å². The topological polar surface area (TPSA) is 24.8 Å². The lowest BCUT2D eigenvalue weighted by Crippen LogP contribution is -2.39. The van der Waals surface area contributed by atoms with Gasteiger partial charge in [-0.2, -0.15) is 0 Å². The molecule has 124 valence electrons. The zero-order valence-electron chi connectivity index (χ0n) is 14.8. The number of methoxy groups -OCH3 is 1. The van der Waals surface area contributed by atoms with E-state index in [0.29, 0.717) is 6.04 Å². The predicted molar refractivity (Wildman–Crippen MR) is 95.6 cm³/mol. The lowest BCUT2D eigenvalue weighted by molar-refractivity contribution is -0.0359. The first-order valence-electron chi connectivity index (χ1n) is 8.38. The summed E-state index contributed by atoms with van der Waals surface area (Å²) in [5.41, 5.74) is 1.34. The SMILES string of the molecule is CCCCN(C)C(OC)C(C)/C=N/C(C)Cc1ccccc1. The molecule has 1 aromatic carbocycles. The first-order chi connectivity index (χ1) is 10.6. The fourth-order valence-electron chi connectivity index (χ4n) is 2.69. The van der Waals surface area contributed by atoms with Gasteiger partial charge in [-0.15, -0.1) is 0 Å². The van der Waals surface area contributed by atoms with Crippen molar-refractivity contribution in [1.82, 2.24) is 4.90 Å². The number of benzene rings is 1. The van der Waals surface area contributed by atoms with Gasteiger partial charge < -0.3 is 4.74 Å². The van der Waals surface area contributed by atoms with Gasteiger partial charge in [-0.1, -0.05) is 50.6 Å². The molecule has 0 aliphatic heterocycles. The molecule has 0 aromatic heterocycles. The summed E-state index contributed by atoms with van der Waals surface area (Å²) in [5, 5.41) is 0. The molecular weight excluding hydrogens is 272 g/mol. The van der Waals surface area contributed by atoms with E-state index in [2.05, 4.69) is 69.3 Å². The summed E-state index contributed by atoms with van der Waals surface area (Å²) in [7, 11) is 3.91. The molecule has 3 nitrogen and oxygen atoms in total. The van der Waals surface area contributed by atoms with Gasteiger partial charge in [-0.3, -0.25) is 9.89 Å². The van der Waals surface area contributed by atoms with E-state index in [9.17, 15) is 0 Å². The van der Waals surface area contributed by atoms with E-state index in [1.807, 2.05) is 0 Å². The molecule has 0 amide bonds. The van der Waals surface area contributed by atoms with Crippen LogP contribution in [0.25, 0.3) is 0 Å². The van der Waals surface area contributed by atoms with Crippen molar-refractivity contribution in [2.75, 3.05) is 20.7 Å². The molecule has 1 aromatic rings. The van der Waals surface area contributed by atoms with Crippen LogP contribution < -0.4 is 0 Å². The maximum absolute atomic E-state index is 5.66. The highest BCUT2D eigenvalue weighted by molar-refractivity contribution is 5.61. The second kappa shape index (κ2) is 10.5. The van der Waals surface area contributed by atoms with E-state index in [-0.39, 0.29) is 12.1 Å². The van der Waals surface area contributed by atoms with Gasteiger partial charge >= 0.3 is 0 Å². The summed E-state index contributed by atoms with van der Waals surface area (Å²) >= 11 is 0. The Morgan fingerprint density at radius 1 is 1.23 bits per heavy atom. The van der Waals surface area contributed by atoms with E-state index in [1.54, 1.807) is 7.11 Å². The molecule has 0 fully saturated rings. The molecule has 0 heterocycles. The first kappa shape index (κ1) is 18.9. The highest BCUT2D eigenvalue weighted by atomic mass is 16.5. The Morgan fingerprint density at radius 3 is 2.50 bits per heavy atom. The lowest BCUT2D eigenvalue weighted by Gasteiger charge is -2.29. The van der Waals surface area contributed by atoms with Crippen molar-refractivity contribution in [2.24, 2.45) is 10.9 Å². The number of hydrogen-bond acceptors (Lipinski definition) is 3. The third-order valence-electron chi connectivity index (χ3n) is 3.94. The van der Waals surface area contributed by atoms with Crippen molar-refractivity contribution in [1.29, 1.82) is 0 Å². The summed E-state index contributed by atoms with van der Waals surface area (Å²) in [6.45, 7) is 7.62. The van der Waals surface area contributed by atoms with Gasteiger partial charge in [0.1, 0.15) is 6.23 Å². The standard InChI is InChI=1S/C19H32N2O/c1-6-7-13-21(4)19(22-5)16(2)15-20-17(3)14-18-11-9-8-10-12-18/h8-12,15-17,19H,6-7,13-14H2,1-5H3/b20-15+.